The van der Waals surface area contributed by atoms with E-state index in [1.807, 2.05) is 30.3 Å². The first-order valence-electron chi connectivity index (χ1n) is 13.5. The Balaban J connectivity index is 1.50. The van der Waals surface area contributed by atoms with Crippen LogP contribution in [0.3, 0.4) is 0 Å². The number of sulfonamides is 2. The van der Waals surface area contributed by atoms with Crippen LogP contribution in [0.2, 0.25) is 5.02 Å². The summed E-state index contributed by atoms with van der Waals surface area (Å²) in [4.78, 5) is 4.77. The zero-order valence-corrected chi connectivity index (χ0v) is 25.0. The molecule has 0 aromatic heterocycles. The van der Waals surface area contributed by atoms with E-state index in [9.17, 15) is 21.2 Å². The molecule has 1 fully saturated rings. The molecule has 1 aliphatic heterocycles. The monoisotopic (exact) mass is 631 g/mol. The van der Waals surface area contributed by atoms with Crippen molar-refractivity contribution in [3.8, 4) is 0 Å². The van der Waals surface area contributed by atoms with Crippen LogP contribution < -0.4 is 9.86 Å². The summed E-state index contributed by atoms with van der Waals surface area (Å²) in [5.41, 5.74) is 2.46. The van der Waals surface area contributed by atoms with E-state index in [4.69, 9.17) is 26.8 Å². The predicted molar refractivity (Wildman–Crippen MR) is 162 cm³/mol. The van der Waals surface area contributed by atoms with Gasteiger partial charge in [0.1, 0.15) is 5.82 Å². The average Bonchev–Trinajstić information content (AvgIpc) is 3.37. The molecule has 3 aromatic rings. The van der Waals surface area contributed by atoms with Crippen molar-refractivity contribution in [1.82, 2.24) is 9.73 Å². The number of hydrogen-bond donors (Lipinski definition) is 2. The van der Waals surface area contributed by atoms with Crippen LogP contribution in [0.1, 0.15) is 36.8 Å². The van der Waals surface area contributed by atoms with Crippen LogP contribution in [-0.4, -0.2) is 51.4 Å². The van der Waals surface area contributed by atoms with Gasteiger partial charge < -0.3 is 0 Å². The second kappa shape index (κ2) is 12.5. The van der Waals surface area contributed by atoms with Crippen LogP contribution in [-0.2, 0) is 26.5 Å². The van der Waals surface area contributed by atoms with Crippen LogP contribution in [0.4, 0.5) is 4.39 Å². The molecule has 42 heavy (non-hydrogen) atoms. The van der Waals surface area contributed by atoms with Gasteiger partial charge in [-0.2, -0.15) is 5.10 Å². The van der Waals surface area contributed by atoms with Gasteiger partial charge in [-0.3, -0.25) is 0 Å². The Kier molecular flexibility index (Phi) is 8.97. The first-order valence-corrected chi connectivity index (χ1v) is 17.0. The van der Waals surface area contributed by atoms with Crippen LogP contribution >= 0.6 is 11.6 Å². The molecule has 0 bridgehead atoms. The molecular formula is C29H31ClFN5O4S2. The van der Waals surface area contributed by atoms with Crippen molar-refractivity contribution in [1.29, 1.82) is 0 Å². The van der Waals surface area contributed by atoms with E-state index in [2.05, 4.69) is 4.72 Å². The molecule has 0 saturated heterocycles. The van der Waals surface area contributed by atoms with Gasteiger partial charge in [0.05, 0.1) is 28.4 Å². The topological polar surface area (TPSA) is 134 Å². The number of rotatable bonds is 7. The zero-order valence-electron chi connectivity index (χ0n) is 22.6. The Morgan fingerprint density at radius 2 is 1.60 bits per heavy atom. The van der Waals surface area contributed by atoms with Crippen LogP contribution in [0.15, 0.2) is 93.9 Å². The first kappa shape index (κ1) is 30.1. The van der Waals surface area contributed by atoms with Gasteiger partial charge in [-0.05, 0) is 79.6 Å². The molecule has 3 aromatic carbocycles. The minimum absolute atomic E-state index is 0.000281. The van der Waals surface area contributed by atoms with Gasteiger partial charge >= 0.3 is 0 Å². The predicted octanol–water partition coefficient (Wildman–Crippen LogP) is 4.29. The highest BCUT2D eigenvalue weighted by Gasteiger charge is 2.34. The third-order valence-corrected chi connectivity index (χ3v) is 10.5. The van der Waals surface area contributed by atoms with Gasteiger partial charge in [0, 0.05) is 10.9 Å². The number of nitrogens with two attached hydrogens (primary N) is 1. The lowest BCUT2D eigenvalue weighted by atomic mass is 9.91. The molecule has 0 spiro atoms. The lowest BCUT2D eigenvalue weighted by Gasteiger charge is -2.27. The Morgan fingerprint density at radius 3 is 2.21 bits per heavy atom. The number of aliphatic imine (C=N–C) groups is 1. The highest BCUT2D eigenvalue weighted by atomic mass is 35.5. The Bertz CT molecular complexity index is 1680. The van der Waals surface area contributed by atoms with E-state index < -0.39 is 25.3 Å². The fraction of sp³-hybridized carbons (Fsp3) is 0.310. The molecule has 0 radical (unpaired) electrons. The SMILES string of the molecule is NS(=O)(=O)C1CCC(N=C(NS(=O)(=O)c2ccc(Cl)cc2)N2CC(Cc3ccccc3)C(c3ccc(F)cc3)=N2)CC1. The van der Waals surface area contributed by atoms with Crippen molar-refractivity contribution >= 4 is 43.3 Å². The second-order valence-corrected chi connectivity index (χ2v) is 14.5. The minimum Gasteiger partial charge on any atom is -0.248 e. The van der Waals surface area contributed by atoms with Crippen molar-refractivity contribution in [3.63, 3.8) is 0 Å². The summed E-state index contributed by atoms with van der Waals surface area (Å²) in [5, 5.41) is 11.4. The number of halogens is 2. The number of benzene rings is 3. The summed E-state index contributed by atoms with van der Waals surface area (Å²) in [6.45, 7) is 0.316. The summed E-state index contributed by atoms with van der Waals surface area (Å²) in [7, 11) is -7.75. The molecule has 1 unspecified atom stereocenters. The van der Waals surface area contributed by atoms with Crippen LogP contribution in [0.25, 0.3) is 0 Å². The van der Waals surface area contributed by atoms with E-state index >= 15 is 0 Å². The maximum atomic E-state index is 13.8. The fourth-order valence-corrected chi connectivity index (χ4v) is 7.34. The highest BCUT2D eigenvalue weighted by Crippen LogP contribution is 2.28. The van der Waals surface area contributed by atoms with Crippen LogP contribution in [0, 0.1) is 11.7 Å². The summed E-state index contributed by atoms with van der Waals surface area (Å²) >= 11 is 5.97. The largest absolute Gasteiger partial charge is 0.264 e. The smallest absolute Gasteiger partial charge is 0.248 e. The lowest BCUT2D eigenvalue weighted by Crippen LogP contribution is -2.43. The second-order valence-electron chi connectivity index (χ2n) is 10.5. The molecule has 0 amide bonds. The van der Waals surface area contributed by atoms with E-state index in [-0.39, 0.29) is 28.6 Å². The Hall–Kier alpha value is -3.32. The normalized spacial score (nSPS) is 21.7. The van der Waals surface area contributed by atoms with Crippen molar-refractivity contribution in [3.05, 3.63) is 101 Å². The van der Waals surface area contributed by atoms with E-state index in [1.165, 1.54) is 41.4 Å². The molecule has 3 N–H and O–H groups in total. The summed E-state index contributed by atoms with van der Waals surface area (Å²) in [6.07, 6.45) is 2.10. The standard InChI is InChI=1S/C29H31ClFN5O4S2/c30-23-8-14-27(15-9-23)42(39,40)35-29(33-25-12-16-26(17-13-25)41(32,37)38)36-19-22(18-20-4-2-1-3-5-20)28(34-36)21-6-10-24(31)11-7-21/h1-11,14-15,22,25-26H,12-13,16-19H2,(H,33,35)(H2,32,37,38). The quantitative estimate of drug-likeness (QED) is 0.296. The molecule has 1 saturated carbocycles. The minimum atomic E-state index is -4.08. The number of hydrogen-bond acceptors (Lipinski definition) is 6. The Labute approximate surface area is 250 Å². The molecule has 1 heterocycles. The van der Waals surface area contributed by atoms with Gasteiger partial charge in [-0.15, -0.1) is 0 Å². The van der Waals surface area contributed by atoms with E-state index in [1.54, 1.807) is 12.1 Å². The molecule has 1 atom stereocenters. The molecule has 1 aliphatic carbocycles. The van der Waals surface area contributed by atoms with E-state index in [0.29, 0.717) is 54.9 Å². The molecule has 13 heteroatoms. The molecule has 5 rings (SSSR count). The van der Waals surface area contributed by atoms with Gasteiger partial charge in [-0.1, -0.05) is 54.1 Å². The molecule has 222 valence electrons. The fourth-order valence-electron chi connectivity index (χ4n) is 5.27. The summed E-state index contributed by atoms with van der Waals surface area (Å²) < 4.78 is 67.0. The average molecular weight is 632 g/mol. The summed E-state index contributed by atoms with van der Waals surface area (Å²) in [5.74, 6) is -0.498. The van der Waals surface area contributed by atoms with Crippen molar-refractivity contribution in [2.45, 2.75) is 48.3 Å². The maximum absolute atomic E-state index is 13.8. The van der Waals surface area contributed by atoms with Crippen molar-refractivity contribution in [2.75, 3.05) is 6.54 Å². The molecule has 9 nitrogen and oxygen atoms in total. The van der Waals surface area contributed by atoms with Gasteiger partial charge in [0.2, 0.25) is 16.0 Å². The number of nitrogens with one attached hydrogen (secondary N) is 1. The number of hydrazone groups is 1. The maximum Gasteiger partial charge on any atom is 0.264 e. The third-order valence-electron chi connectivity index (χ3n) is 7.48. The number of guanidine groups is 1. The van der Waals surface area contributed by atoms with Crippen LogP contribution in [0.5, 0.6) is 0 Å². The highest BCUT2D eigenvalue weighted by molar-refractivity contribution is 7.90. The lowest BCUT2D eigenvalue weighted by molar-refractivity contribution is 0.406. The summed E-state index contributed by atoms with van der Waals surface area (Å²) in [6, 6.07) is 21.3. The molecule has 2 aliphatic rings. The van der Waals surface area contributed by atoms with Gasteiger partial charge in [0.15, 0.2) is 0 Å². The van der Waals surface area contributed by atoms with E-state index in [0.717, 1.165) is 5.56 Å². The molecular weight excluding hydrogens is 601 g/mol. The number of primary sulfonamides is 1. The van der Waals surface area contributed by atoms with Gasteiger partial charge in [-0.25, -0.2) is 41.1 Å². The van der Waals surface area contributed by atoms with Crippen molar-refractivity contribution < 1.29 is 21.2 Å². The Morgan fingerprint density at radius 1 is 0.952 bits per heavy atom. The zero-order chi connectivity index (χ0) is 29.9. The third kappa shape index (κ3) is 7.35. The first-order chi connectivity index (χ1) is 20.0. The van der Waals surface area contributed by atoms with Crippen molar-refractivity contribution in [2.24, 2.45) is 21.2 Å². The number of nitrogens with zero attached hydrogens (tertiary/aromatic N) is 3. The van der Waals surface area contributed by atoms with Gasteiger partial charge in [0.25, 0.3) is 10.0 Å².